The number of piperidine rings is 1. The summed E-state index contributed by atoms with van der Waals surface area (Å²) in [6.07, 6.45) is 0.991. The number of rotatable bonds is 8. The number of carbonyl (C=O) groups excluding carboxylic acids is 1. The molecule has 34 heavy (non-hydrogen) atoms. The van der Waals surface area contributed by atoms with E-state index in [2.05, 4.69) is 16.0 Å². The Bertz CT molecular complexity index is 1050. The zero-order valence-electron chi connectivity index (χ0n) is 18.8. The number of allylic oxidation sites excluding steroid dienone is 1. The predicted molar refractivity (Wildman–Crippen MR) is 129 cm³/mol. The molecule has 0 radical (unpaired) electrons. The van der Waals surface area contributed by atoms with E-state index in [0.717, 1.165) is 48.7 Å². The maximum absolute atomic E-state index is 13.3. The van der Waals surface area contributed by atoms with E-state index in [9.17, 15) is 18.0 Å². The van der Waals surface area contributed by atoms with Crippen molar-refractivity contribution in [3.8, 4) is 0 Å². The van der Waals surface area contributed by atoms with E-state index >= 15 is 0 Å². The molecule has 1 amide bonds. The van der Waals surface area contributed by atoms with Gasteiger partial charge in [0, 0.05) is 24.5 Å². The van der Waals surface area contributed by atoms with Gasteiger partial charge < -0.3 is 21.4 Å². The lowest BCUT2D eigenvalue weighted by molar-refractivity contribution is -0.137. The SMILES string of the molecule is CCN/C(=C\C=N)c1cccc([C@H](NC(=O)c2cccc(C(F)(F)F)c2Cl)[C@@H]2CCCCN2)c1. The summed E-state index contributed by atoms with van der Waals surface area (Å²) in [4.78, 5) is 13.2. The second kappa shape index (κ2) is 11.5. The first-order valence-corrected chi connectivity index (χ1v) is 11.6. The van der Waals surface area contributed by atoms with Crippen molar-refractivity contribution in [1.29, 1.82) is 5.41 Å². The van der Waals surface area contributed by atoms with Gasteiger partial charge in [0.05, 0.1) is 22.2 Å². The molecule has 2 atom stereocenters. The minimum absolute atomic E-state index is 0.0909. The summed E-state index contributed by atoms with van der Waals surface area (Å²) >= 11 is 6.01. The van der Waals surface area contributed by atoms with Gasteiger partial charge in [-0.1, -0.05) is 42.3 Å². The summed E-state index contributed by atoms with van der Waals surface area (Å²) in [5, 5.41) is 16.4. The van der Waals surface area contributed by atoms with Crippen LogP contribution in [0.1, 0.15) is 59.3 Å². The summed E-state index contributed by atoms with van der Waals surface area (Å²) in [7, 11) is 0. The van der Waals surface area contributed by atoms with Gasteiger partial charge in [0.15, 0.2) is 0 Å². The molecule has 0 aliphatic carbocycles. The zero-order chi connectivity index (χ0) is 24.7. The molecule has 5 nitrogen and oxygen atoms in total. The predicted octanol–water partition coefficient (Wildman–Crippen LogP) is 5.57. The summed E-state index contributed by atoms with van der Waals surface area (Å²) in [5.74, 6) is -0.666. The summed E-state index contributed by atoms with van der Waals surface area (Å²) < 4.78 is 39.9. The number of benzene rings is 2. The molecular weight excluding hydrogens is 465 g/mol. The van der Waals surface area contributed by atoms with Crippen LogP contribution < -0.4 is 16.0 Å². The highest BCUT2D eigenvalue weighted by Crippen LogP contribution is 2.36. The zero-order valence-corrected chi connectivity index (χ0v) is 19.6. The fourth-order valence-electron chi connectivity index (χ4n) is 4.16. The molecule has 9 heteroatoms. The lowest BCUT2D eigenvalue weighted by atomic mass is 9.91. The topological polar surface area (TPSA) is 77.0 Å². The van der Waals surface area contributed by atoms with E-state index in [0.29, 0.717) is 6.54 Å². The normalized spacial score (nSPS) is 17.7. The Kier molecular flexibility index (Phi) is 8.74. The van der Waals surface area contributed by atoms with Crippen LogP contribution in [0.15, 0.2) is 48.5 Å². The summed E-state index contributed by atoms with van der Waals surface area (Å²) in [6.45, 7) is 3.41. The highest BCUT2D eigenvalue weighted by Gasteiger charge is 2.35. The average Bonchev–Trinajstić information content (AvgIpc) is 2.82. The molecule has 4 N–H and O–H groups in total. The van der Waals surface area contributed by atoms with E-state index in [1.165, 1.54) is 18.3 Å². The molecule has 3 rings (SSSR count). The molecule has 1 fully saturated rings. The maximum atomic E-state index is 13.3. The first-order valence-electron chi connectivity index (χ1n) is 11.2. The van der Waals surface area contributed by atoms with Crippen LogP contribution in [0.2, 0.25) is 5.02 Å². The second-order valence-corrected chi connectivity index (χ2v) is 8.45. The second-order valence-electron chi connectivity index (χ2n) is 8.08. The summed E-state index contributed by atoms with van der Waals surface area (Å²) in [5.41, 5.74) is 1.16. The number of carbonyl (C=O) groups is 1. The van der Waals surface area contributed by atoms with Gasteiger partial charge in [-0.3, -0.25) is 4.79 Å². The third-order valence-corrected chi connectivity index (χ3v) is 6.17. The van der Waals surface area contributed by atoms with Gasteiger partial charge in [-0.25, -0.2) is 0 Å². The van der Waals surface area contributed by atoms with Crippen LogP contribution in [0.3, 0.4) is 0 Å². The van der Waals surface area contributed by atoms with Crippen molar-refractivity contribution in [3.05, 3.63) is 75.8 Å². The number of hydrogen-bond acceptors (Lipinski definition) is 4. The lowest BCUT2D eigenvalue weighted by Gasteiger charge is -2.33. The van der Waals surface area contributed by atoms with Crippen LogP contribution in [0.25, 0.3) is 5.70 Å². The van der Waals surface area contributed by atoms with Crippen molar-refractivity contribution < 1.29 is 18.0 Å². The average molecular weight is 493 g/mol. The maximum Gasteiger partial charge on any atom is 0.417 e. The monoisotopic (exact) mass is 492 g/mol. The Morgan fingerprint density at radius 3 is 2.68 bits per heavy atom. The van der Waals surface area contributed by atoms with E-state index in [-0.39, 0.29) is 11.6 Å². The minimum Gasteiger partial charge on any atom is -0.385 e. The molecule has 1 heterocycles. The first kappa shape index (κ1) is 25.8. The molecule has 0 spiro atoms. The smallest absolute Gasteiger partial charge is 0.385 e. The van der Waals surface area contributed by atoms with Gasteiger partial charge >= 0.3 is 6.18 Å². The van der Waals surface area contributed by atoms with Crippen molar-refractivity contribution in [2.45, 2.75) is 44.4 Å². The van der Waals surface area contributed by atoms with Crippen molar-refractivity contribution >= 4 is 29.4 Å². The van der Waals surface area contributed by atoms with Crippen LogP contribution in [0.4, 0.5) is 13.2 Å². The number of alkyl halides is 3. The van der Waals surface area contributed by atoms with Crippen LogP contribution in [0.5, 0.6) is 0 Å². The quantitative estimate of drug-likeness (QED) is 0.364. The van der Waals surface area contributed by atoms with Crippen molar-refractivity contribution in [2.24, 2.45) is 0 Å². The van der Waals surface area contributed by atoms with Gasteiger partial charge in [0.1, 0.15) is 0 Å². The molecule has 0 unspecified atom stereocenters. The molecule has 2 aromatic rings. The first-order chi connectivity index (χ1) is 16.3. The Morgan fingerprint density at radius 1 is 1.26 bits per heavy atom. The fraction of sp³-hybridized carbons (Fsp3) is 0.360. The fourth-order valence-corrected chi connectivity index (χ4v) is 4.47. The van der Waals surface area contributed by atoms with Gasteiger partial charge in [-0.2, -0.15) is 13.2 Å². The highest BCUT2D eigenvalue weighted by molar-refractivity contribution is 6.34. The van der Waals surface area contributed by atoms with E-state index in [1.54, 1.807) is 6.08 Å². The van der Waals surface area contributed by atoms with Gasteiger partial charge in [0.2, 0.25) is 0 Å². The third-order valence-electron chi connectivity index (χ3n) is 5.76. The van der Waals surface area contributed by atoms with E-state index in [4.69, 9.17) is 17.0 Å². The van der Waals surface area contributed by atoms with Gasteiger partial charge in [0.25, 0.3) is 5.91 Å². The molecule has 1 aliphatic rings. The van der Waals surface area contributed by atoms with Crippen molar-refractivity contribution in [2.75, 3.05) is 13.1 Å². The molecule has 182 valence electrons. The number of amides is 1. The third kappa shape index (κ3) is 6.18. The van der Waals surface area contributed by atoms with Gasteiger partial charge in [-0.05, 0) is 61.7 Å². The van der Waals surface area contributed by atoms with Crippen molar-refractivity contribution in [1.82, 2.24) is 16.0 Å². The van der Waals surface area contributed by atoms with Crippen LogP contribution in [-0.2, 0) is 6.18 Å². The minimum atomic E-state index is -4.66. The van der Waals surface area contributed by atoms with Crippen LogP contribution in [-0.4, -0.2) is 31.3 Å². The Labute approximate surface area is 202 Å². The van der Waals surface area contributed by atoms with E-state index < -0.39 is 28.7 Å². The molecule has 1 saturated heterocycles. The number of halogens is 4. The van der Waals surface area contributed by atoms with Gasteiger partial charge in [-0.15, -0.1) is 0 Å². The standard InChI is InChI=1S/C25H28ClF3N4O/c1-2-31-20(12-13-30)16-7-5-8-17(15-16)23(21-11-3-4-14-32-21)33-24(34)18-9-6-10-19(22(18)26)25(27,28)29/h5-10,12-13,15,21,23,30-32H,2-4,11,14H2,1H3,(H,33,34)/b20-12-,30-13?/t21-,23-/m0/s1. The lowest BCUT2D eigenvalue weighted by Crippen LogP contribution is -2.46. The van der Waals surface area contributed by atoms with Crippen LogP contribution in [0, 0.1) is 5.41 Å². The molecular formula is C25H28ClF3N4O. The molecule has 0 aromatic heterocycles. The number of nitrogens with one attached hydrogen (secondary N) is 4. The molecule has 0 bridgehead atoms. The molecule has 2 aromatic carbocycles. The number of hydrogen-bond donors (Lipinski definition) is 4. The largest absolute Gasteiger partial charge is 0.417 e. The Morgan fingerprint density at radius 2 is 2.03 bits per heavy atom. The Balaban J connectivity index is 1.97. The molecule has 1 aliphatic heterocycles. The van der Waals surface area contributed by atoms with Crippen molar-refractivity contribution in [3.63, 3.8) is 0 Å². The highest BCUT2D eigenvalue weighted by atomic mass is 35.5. The van der Waals surface area contributed by atoms with Crippen LogP contribution >= 0.6 is 11.6 Å². The summed E-state index contributed by atoms with van der Waals surface area (Å²) in [6, 6.07) is 10.3. The Hall–Kier alpha value is -2.84. The van der Waals surface area contributed by atoms with E-state index in [1.807, 2.05) is 31.2 Å². The molecule has 0 saturated carbocycles.